The molecule has 14 heavy (non-hydrogen) atoms. The van der Waals surface area contributed by atoms with Gasteiger partial charge in [0.2, 0.25) is 0 Å². The van der Waals surface area contributed by atoms with Gasteiger partial charge < -0.3 is 4.74 Å². The SMILES string of the molecule is COCCc1ccc(C(F)(F)F)cc1. The summed E-state index contributed by atoms with van der Waals surface area (Å²) >= 11 is 0. The van der Waals surface area contributed by atoms with Gasteiger partial charge in [0.05, 0.1) is 12.2 Å². The lowest BCUT2D eigenvalue weighted by Gasteiger charge is -2.07. The first-order valence-electron chi connectivity index (χ1n) is 4.19. The number of halogens is 3. The van der Waals surface area contributed by atoms with Crippen molar-refractivity contribution >= 4 is 0 Å². The third-order valence-electron chi connectivity index (χ3n) is 1.88. The smallest absolute Gasteiger partial charge is 0.384 e. The summed E-state index contributed by atoms with van der Waals surface area (Å²) in [4.78, 5) is 0. The minimum absolute atomic E-state index is 0.519. The number of benzene rings is 1. The highest BCUT2D eigenvalue weighted by atomic mass is 19.4. The molecular weight excluding hydrogens is 193 g/mol. The second kappa shape index (κ2) is 4.46. The van der Waals surface area contributed by atoms with Crippen LogP contribution in [0, 0.1) is 0 Å². The van der Waals surface area contributed by atoms with E-state index in [1.807, 2.05) is 0 Å². The molecule has 0 aliphatic heterocycles. The van der Waals surface area contributed by atoms with E-state index in [0.29, 0.717) is 13.0 Å². The quantitative estimate of drug-likeness (QED) is 0.735. The van der Waals surface area contributed by atoms with Gasteiger partial charge in [0.25, 0.3) is 0 Å². The van der Waals surface area contributed by atoms with Gasteiger partial charge in [0.1, 0.15) is 0 Å². The summed E-state index contributed by atoms with van der Waals surface area (Å²) in [7, 11) is 1.56. The normalized spacial score (nSPS) is 11.7. The van der Waals surface area contributed by atoms with E-state index in [2.05, 4.69) is 0 Å². The molecule has 0 aliphatic rings. The molecule has 0 atom stereocenters. The van der Waals surface area contributed by atoms with E-state index in [1.54, 1.807) is 7.11 Å². The van der Waals surface area contributed by atoms with Crippen LogP contribution in [0.15, 0.2) is 24.3 Å². The maximum Gasteiger partial charge on any atom is 0.416 e. The van der Waals surface area contributed by atoms with Gasteiger partial charge in [-0.05, 0) is 24.1 Å². The van der Waals surface area contributed by atoms with Crippen LogP contribution in [0.25, 0.3) is 0 Å². The van der Waals surface area contributed by atoms with E-state index in [0.717, 1.165) is 17.7 Å². The highest BCUT2D eigenvalue weighted by Crippen LogP contribution is 2.29. The Balaban J connectivity index is 2.69. The molecule has 0 amide bonds. The fourth-order valence-corrected chi connectivity index (χ4v) is 1.08. The van der Waals surface area contributed by atoms with Gasteiger partial charge in [-0.15, -0.1) is 0 Å². The molecule has 0 radical (unpaired) electrons. The van der Waals surface area contributed by atoms with Crippen LogP contribution in [0.3, 0.4) is 0 Å². The standard InChI is InChI=1S/C10H11F3O/c1-14-7-6-8-2-4-9(5-3-8)10(11,12)13/h2-5H,6-7H2,1H3. The van der Waals surface area contributed by atoms with Gasteiger partial charge in [0, 0.05) is 7.11 Å². The summed E-state index contributed by atoms with van der Waals surface area (Å²) in [6.07, 6.45) is -3.62. The van der Waals surface area contributed by atoms with Gasteiger partial charge in [-0.1, -0.05) is 12.1 Å². The van der Waals surface area contributed by atoms with Crippen LogP contribution < -0.4 is 0 Å². The van der Waals surface area contributed by atoms with E-state index in [4.69, 9.17) is 4.74 Å². The zero-order chi connectivity index (χ0) is 10.6. The van der Waals surface area contributed by atoms with Crippen LogP contribution in [0.2, 0.25) is 0 Å². The minimum Gasteiger partial charge on any atom is -0.384 e. The zero-order valence-corrected chi connectivity index (χ0v) is 7.77. The molecule has 0 saturated heterocycles. The van der Waals surface area contributed by atoms with Crippen molar-refractivity contribution in [1.82, 2.24) is 0 Å². The number of rotatable bonds is 3. The number of hydrogen-bond acceptors (Lipinski definition) is 1. The van der Waals surface area contributed by atoms with Crippen molar-refractivity contribution in [2.24, 2.45) is 0 Å². The van der Waals surface area contributed by atoms with Crippen molar-refractivity contribution < 1.29 is 17.9 Å². The molecule has 0 spiro atoms. The number of hydrogen-bond donors (Lipinski definition) is 0. The van der Waals surface area contributed by atoms with Crippen molar-refractivity contribution in [2.45, 2.75) is 12.6 Å². The lowest BCUT2D eigenvalue weighted by Crippen LogP contribution is -2.04. The van der Waals surface area contributed by atoms with E-state index >= 15 is 0 Å². The number of ether oxygens (including phenoxy) is 1. The van der Waals surface area contributed by atoms with E-state index in [9.17, 15) is 13.2 Å². The van der Waals surface area contributed by atoms with Crippen molar-refractivity contribution in [1.29, 1.82) is 0 Å². The molecule has 0 unspecified atom stereocenters. The van der Waals surface area contributed by atoms with Gasteiger partial charge >= 0.3 is 6.18 Å². The maximum absolute atomic E-state index is 12.1. The maximum atomic E-state index is 12.1. The Morgan fingerprint density at radius 2 is 1.71 bits per heavy atom. The van der Waals surface area contributed by atoms with Crippen LogP contribution in [-0.4, -0.2) is 13.7 Å². The Kier molecular flexibility index (Phi) is 3.52. The molecule has 1 aromatic carbocycles. The van der Waals surface area contributed by atoms with E-state index in [-0.39, 0.29) is 0 Å². The Labute approximate surface area is 80.5 Å². The van der Waals surface area contributed by atoms with Crippen molar-refractivity contribution in [3.8, 4) is 0 Å². The predicted molar refractivity (Wildman–Crippen MR) is 47.0 cm³/mol. The van der Waals surface area contributed by atoms with Gasteiger partial charge in [0.15, 0.2) is 0 Å². The van der Waals surface area contributed by atoms with Crippen molar-refractivity contribution in [3.63, 3.8) is 0 Å². The summed E-state index contributed by atoms with van der Waals surface area (Å²) < 4.78 is 41.3. The molecule has 0 saturated carbocycles. The first-order valence-corrected chi connectivity index (χ1v) is 4.19. The highest BCUT2D eigenvalue weighted by molar-refractivity contribution is 5.24. The lowest BCUT2D eigenvalue weighted by molar-refractivity contribution is -0.137. The fourth-order valence-electron chi connectivity index (χ4n) is 1.08. The van der Waals surface area contributed by atoms with E-state index in [1.165, 1.54) is 12.1 Å². The van der Waals surface area contributed by atoms with Gasteiger partial charge in [-0.2, -0.15) is 13.2 Å². The first-order chi connectivity index (χ1) is 6.54. The molecule has 0 bridgehead atoms. The minimum atomic E-state index is -4.25. The van der Waals surface area contributed by atoms with Crippen LogP contribution in [0.5, 0.6) is 0 Å². The van der Waals surface area contributed by atoms with Crippen LogP contribution >= 0.6 is 0 Å². The van der Waals surface area contributed by atoms with Gasteiger partial charge in [-0.3, -0.25) is 0 Å². The van der Waals surface area contributed by atoms with Crippen molar-refractivity contribution in [3.05, 3.63) is 35.4 Å². The third kappa shape index (κ3) is 3.03. The molecule has 0 N–H and O–H groups in total. The average Bonchev–Trinajstić information content (AvgIpc) is 2.14. The van der Waals surface area contributed by atoms with Crippen LogP contribution in [-0.2, 0) is 17.3 Å². The monoisotopic (exact) mass is 204 g/mol. The second-order valence-corrected chi connectivity index (χ2v) is 2.94. The summed E-state index contributed by atoms with van der Waals surface area (Å²) in [5.74, 6) is 0. The molecule has 0 aliphatic carbocycles. The first kappa shape index (κ1) is 11.0. The van der Waals surface area contributed by atoms with Crippen LogP contribution in [0.1, 0.15) is 11.1 Å². The number of alkyl halides is 3. The van der Waals surface area contributed by atoms with E-state index < -0.39 is 11.7 Å². The Morgan fingerprint density at radius 1 is 1.14 bits per heavy atom. The molecule has 0 heterocycles. The molecule has 1 aromatic rings. The third-order valence-corrected chi connectivity index (χ3v) is 1.88. The Morgan fingerprint density at radius 3 is 2.14 bits per heavy atom. The Bertz CT molecular complexity index is 276. The predicted octanol–water partition coefficient (Wildman–Crippen LogP) is 2.89. The van der Waals surface area contributed by atoms with Gasteiger partial charge in [-0.25, -0.2) is 0 Å². The van der Waals surface area contributed by atoms with Crippen LogP contribution in [0.4, 0.5) is 13.2 Å². The lowest BCUT2D eigenvalue weighted by atomic mass is 10.1. The highest BCUT2D eigenvalue weighted by Gasteiger charge is 2.29. The summed E-state index contributed by atoms with van der Waals surface area (Å²) in [6.45, 7) is 0.519. The topological polar surface area (TPSA) is 9.23 Å². The molecule has 78 valence electrons. The molecule has 0 fully saturated rings. The Hall–Kier alpha value is -1.03. The summed E-state index contributed by atoms with van der Waals surface area (Å²) in [5, 5.41) is 0. The zero-order valence-electron chi connectivity index (χ0n) is 7.77. The second-order valence-electron chi connectivity index (χ2n) is 2.94. The summed E-state index contributed by atoms with van der Waals surface area (Å²) in [6, 6.07) is 5.12. The molecular formula is C10H11F3O. The largest absolute Gasteiger partial charge is 0.416 e. The average molecular weight is 204 g/mol. The molecule has 0 aromatic heterocycles. The molecule has 1 nitrogen and oxygen atoms in total. The fraction of sp³-hybridized carbons (Fsp3) is 0.400. The molecule has 1 rings (SSSR count). The summed E-state index contributed by atoms with van der Waals surface area (Å²) in [5.41, 5.74) is 0.235. The molecule has 4 heteroatoms. The number of methoxy groups -OCH3 is 1. The van der Waals surface area contributed by atoms with Crippen molar-refractivity contribution in [2.75, 3.05) is 13.7 Å².